The zero-order chi connectivity index (χ0) is 69.5. The summed E-state index contributed by atoms with van der Waals surface area (Å²) in [6, 6.07) is 54.5. The fraction of sp³-hybridized carbons (Fsp3) is 0.212. The lowest BCUT2D eigenvalue weighted by Gasteiger charge is -2.36. The molecule has 2 amide bonds. The molecule has 4 aliphatic heterocycles. The molecule has 8 heterocycles. The van der Waals surface area contributed by atoms with Crippen LogP contribution in [0.1, 0.15) is 117 Å². The lowest BCUT2D eigenvalue weighted by atomic mass is 9.92. The van der Waals surface area contributed by atoms with E-state index in [1.165, 1.54) is 68.7 Å². The standard InChI is InChI=1S/C26H24ClN3O3.C20H21ClN2.C17H13BrF2N2.C17H13ClF2N2/c1-32-19-9-6-16(7-10-19)25-24-21(22-14-17(27)8-11-23(22)29-24)12-13-30(25)26(31)28-18-4-3-5-20(15-18)33-2;1-12(2)13-3-5-14(6-4-13)19-20-16(9-10-22-19)17-11-15(21)7-8-18(17)23-20;2*18-9-1-4-15-13(7-9)11-5-6-21-16(17(11)22-15)12-3-2-10(19)8-14(12)20/h3-11,14-15,25,29H,12-13H2,1-2H3,(H,28,31);3-8,11-12,19,22-23H,9-10H2,1-2H3;2*1-4,7-8,16,21-22H,5-6H2. The smallest absolute Gasteiger partial charge is 0.322 e. The first-order valence-electron chi connectivity index (χ1n) is 33.2. The summed E-state index contributed by atoms with van der Waals surface area (Å²) in [6.45, 7) is 7.50. The number of carbonyl (C=O) groups is 1. The summed E-state index contributed by atoms with van der Waals surface area (Å²) in [5.41, 5.74) is 18.6. The molecule has 4 unspecified atom stereocenters. The van der Waals surface area contributed by atoms with Crippen LogP contribution in [-0.4, -0.2) is 71.3 Å². The Labute approximate surface area is 599 Å². The normalized spacial score (nSPS) is 16.9. The predicted molar refractivity (Wildman–Crippen MR) is 397 cm³/mol. The number of H-pyrrole nitrogens is 4. The molecule has 100 heavy (non-hydrogen) atoms. The number of hydrogen-bond acceptors (Lipinski definition) is 6. The lowest BCUT2D eigenvalue weighted by Crippen LogP contribution is -2.43. The van der Waals surface area contributed by atoms with Crippen LogP contribution in [-0.2, 0) is 25.7 Å². The number of methoxy groups -OCH3 is 2. The summed E-state index contributed by atoms with van der Waals surface area (Å²) in [6.07, 6.45) is 3.49. The van der Waals surface area contributed by atoms with Crippen LogP contribution >= 0.6 is 50.7 Å². The molecule has 20 heteroatoms. The Hall–Kier alpha value is -9.04. The highest BCUT2D eigenvalue weighted by molar-refractivity contribution is 9.10. The summed E-state index contributed by atoms with van der Waals surface area (Å²) in [5.74, 6) is -0.168. The van der Waals surface area contributed by atoms with Gasteiger partial charge in [-0.05, 0) is 180 Å². The van der Waals surface area contributed by atoms with Gasteiger partial charge in [0.25, 0.3) is 0 Å². The van der Waals surface area contributed by atoms with Gasteiger partial charge in [-0.15, -0.1) is 0 Å². The van der Waals surface area contributed by atoms with Gasteiger partial charge in [0.1, 0.15) is 34.8 Å². The highest BCUT2D eigenvalue weighted by Crippen LogP contribution is 2.42. The van der Waals surface area contributed by atoms with Crippen LogP contribution in [0, 0.1) is 23.3 Å². The second-order valence-electron chi connectivity index (χ2n) is 25.7. The van der Waals surface area contributed by atoms with Crippen molar-refractivity contribution in [3.8, 4) is 11.5 Å². The summed E-state index contributed by atoms with van der Waals surface area (Å²) in [5, 5.41) is 20.1. The highest BCUT2D eigenvalue weighted by Gasteiger charge is 2.36. The molecule has 4 aliphatic rings. The molecule has 0 spiro atoms. The maximum Gasteiger partial charge on any atom is 0.322 e. The topological polar surface area (TPSA) is 150 Å². The van der Waals surface area contributed by atoms with Crippen molar-refractivity contribution in [2.24, 2.45) is 0 Å². The Morgan fingerprint density at radius 1 is 0.490 bits per heavy atom. The number of amides is 2. The number of carbonyl (C=O) groups excluding carboxylic acids is 1. The van der Waals surface area contributed by atoms with Crippen molar-refractivity contribution in [2.75, 3.05) is 45.7 Å². The molecule has 8 N–H and O–H groups in total. The van der Waals surface area contributed by atoms with Crippen LogP contribution in [0.4, 0.5) is 28.0 Å². The van der Waals surface area contributed by atoms with Gasteiger partial charge in [0.15, 0.2) is 0 Å². The third-order valence-electron chi connectivity index (χ3n) is 19.3. The number of hydrogen-bond donors (Lipinski definition) is 8. The number of fused-ring (bicyclic) bond motifs is 12. The molecule has 510 valence electrons. The monoisotopic (exact) mass is 1470 g/mol. The van der Waals surface area contributed by atoms with Crippen LogP contribution in [0.25, 0.3) is 43.6 Å². The fourth-order valence-corrected chi connectivity index (χ4v) is 15.3. The number of ether oxygens (including phenoxy) is 2. The molecule has 17 rings (SSSR count). The maximum atomic E-state index is 14.1. The van der Waals surface area contributed by atoms with E-state index in [4.69, 9.17) is 44.3 Å². The molecule has 0 saturated heterocycles. The average Bonchev–Trinajstić information content (AvgIpc) is 1.62. The molecular formula is C80H71BrCl3F4N9O3. The number of aromatic nitrogens is 4. The molecule has 4 atom stereocenters. The van der Waals surface area contributed by atoms with E-state index in [9.17, 15) is 22.4 Å². The van der Waals surface area contributed by atoms with E-state index < -0.39 is 23.3 Å². The predicted octanol–water partition coefficient (Wildman–Crippen LogP) is 20.0. The van der Waals surface area contributed by atoms with Gasteiger partial charge < -0.3 is 55.6 Å². The van der Waals surface area contributed by atoms with Crippen LogP contribution in [0.5, 0.6) is 11.5 Å². The first kappa shape index (κ1) is 68.1. The minimum absolute atomic E-state index is 0.175. The molecular weight excluding hydrogens is 1400 g/mol. The molecule has 9 aromatic carbocycles. The second-order valence-corrected chi connectivity index (χ2v) is 27.9. The lowest BCUT2D eigenvalue weighted by molar-refractivity contribution is 0.193. The maximum absolute atomic E-state index is 14.1. The van der Waals surface area contributed by atoms with E-state index in [1.54, 1.807) is 20.3 Å². The van der Waals surface area contributed by atoms with E-state index in [1.807, 2.05) is 102 Å². The summed E-state index contributed by atoms with van der Waals surface area (Å²) in [7, 11) is 3.25. The molecule has 0 bridgehead atoms. The van der Waals surface area contributed by atoms with Gasteiger partial charge >= 0.3 is 6.03 Å². The van der Waals surface area contributed by atoms with Crippen LogP contribution in [0.2, 0.25) is 15.1 Å². The fourth-order valence-electron chi connectivity index (χ4n) is 14.5. The van der Waals surface area contributed by atoms with Crippen molar-refractivity contribution in [1.29, 1.82) is 0 Å². The molecule has 0 saturated carbocycles. The van der Waals surface area contributed by atoms with Crippen LogP contribution in [0.3, 0.4) is 0 Å². The van der Waals surface area contributed by atoms with Gasteiger partial charge in [-0.1, -0.05) is 119 Å². The quantitative estimate of drug-likeness (QED) is 0.0710. The number of aromatic amines is 4. The number of nitrogens with one attached hydrogen (secondary N) is 8. The van der Waals surface area contributed by atoms with Gasteiger partial charge in [-0.25, -0.2) is 22.4 Å². The molecule has 0 fully saturated rings. The van der Waals surface area contributed by atoms with Crippen LogP contribution < -0.4 is 30.7 Å². The summed E-state index contributed by atoms with van der Waals surface area (Å²) < 4.78 is 66.2. The van der Waals surface area contributed by atoms with Crippen molar-refractivity contribution >= 4 is 106 Å². The third-order valence-corrected chi connectivity index (χ3v) is 20.5. The van der Waals surface area contributed by atoms with Crippen molar-refractivity contribution in [3.63, 3.8) is 0 Å². The Bertz CT molecular complexity index is 5050. The average molecular weight is 1470 g/mol. The van der Waals surface area contributed by atoms with Gasteiger partial charge in [-0.2, -0.15) is 0 Å². The number of halogens is 8. The van der Waals surface area contributed by atoms with E-state index in [2.05, 4.69) is 113 Å². The first-order valence-corrected chi connectivity index (χ1v) is 35.2. The summed E-state index contributed by atoms with van der Waals surface area (Å²) in [4.78, 5) is 29.2. The first-order chi connectivity index (χ1) is 48.5. The Morgan fingerprint density at radius 3 is 1.43 bits per heavy atom. The number of nitrogens with zero attached hydrogens (tertiary/aromatic N) is 1. The number of anilines is 1. The van der Waals surface area contributed by atoms with Crippen molar-refractivity contribution in [3.05, 3.63) is 298 Å². The van der Waals surface area contributed by atoms with Gasteiger partial charge in [0.2, 0.25) is 0 Å². The van der Waals surface area contributed by atoms with E-state index >= 15 is 0 Å². The molecule has 0 aliphatic carbocycles. The van der Waals surface area contributed by atoms with Crippen LogP contribution in [0.15, 0.2) is 186 Å². The van der Waals surface area contributed by atoms with Gasteiger partial charge in [0, 0.05) is 147 Å². The van der Waals surface area contributed by atoms with Gasteiger partial charge in [-0.3, -0.25) is 0 Å². The third kappa shape index (κ3) is 14.0. The number of rotatable bonds is 8. The Balaban J connectivity index is 0.000000115. The SMILES string of the molecule is CC(C)c1ccc(C2NCCc3c2[nH]c2ccc(Cl)cc32)cc1.COc1ccc(C2c3[nH]c4ccc(Cl)cc4c3CCN2C(=O)Nc2cccc(OC)c2)cc1.Fc1ccc(C2NCCc3c2[nH]c2ccc(Br)cc32)c(F)c1.Fc1ccc(C2NCCc3c2[nH]c2ccc(Cl)cc32)c(F)c1. The Morgan fingerprint density at radius 2 is 0.940 bits per heavy atom. The Kier molecular flexibility index (Phi) is 19.9. The zero-order valence-corrected chi connectivity index (χ0v) is 58.9. The van der Waals surface area contributed by atoms with E-state index in [0.29, 0.717) is 45.1 Å². The molecule has 12 nitrogen and oxygen atoms in total. The second kappa shape index (κ2) is 29.3. The van der Waals surface area contributed by atoms with E-state index in [0.717, 1.165) is 134 Å². The highest BCUT2D eigenvalue weighted by atomic mass is 79.9. The molecule has 4 aromatic heterocycles. The van der Waals surface area contributed by atoms with Gasteiger partial charge in [0.05, 0.1) is 38.4 Å². The number of urea groups is 1. The molecule has 13 aromatic rings. The minimum Gasteiger partial charge on any atom is -0.497 e. The zero-order valence-electron chi connectivity index (χ0n) is 55.1. The summed E-state index contributed by atoms with van der Waals surface area (Å²) >= 11 is 22.1. The van der Waals surface area contributed by atoms with Crippen molar-refractivity contribution in [1.82, 2.24) is 40.8 Å². The van der Waals surface area contributed by atoms with Crippen molar-refractivity contribution in [2.45, 2.75) is 69.6 Å². The molecule has 0 radical (unpaired) electrons. The largest absolute Gasteiger partial charge is 0.497 e. The number of benzene rings is 9. The van der Waals surface area contributed by atoms with Crippen molar-refractivity contribution < 1.29 is 31.8 Å². The van der Waals surface area contributed by atoms with E-state index in [-0.39, 0.29) is 30.2 Å². The minimum atomic E-state index is -0.569.